The van der Waals surface area contributed by atoms with E-state index in [1.165, 1.54) is 33.5 Å². The number of hydrogen-bond donors (Lipinski definition) is 1. The van der Waals surface area contributed by atoms with Gasteiger partial charge in [-0.25, -0.2) is 4.79 Å². The van der Waals surface area contributed by atoms with Gasteiger partial charge < -0.3 is 29.0 Å². The zero-order chi connectivity index (χ0) is 18.2. The molecule has 1 aromatic rings. The van der Waals surface area contributed by atoms with E-state index in [1.54, 1.807) is 0 Å². The Morgan fingerprint density at radius 3 is 2.36 bits per heavy atom. The lowest BCUT2D eigenvalue weighted by Crippen LogP contribution is -2.34. The van der Waals surface area contributed by atoms with Crippen LogP contribution in [0.5, 0.6) is 17.2 Å². The lowest BCUT2D eigenvalue weighted by atomic mass is 10.2. The molecule has 1 unspecified atom stereocenters. The van der Waals surface area contributed by atoms with E-state index in [0.29, 0.717) is 23.8 Å². The summed E-state index contributed by atoms with van der Waals surface area (Å²) in [5.74, 6) is -0.00747. The third-order valence-electron chi connectivity index (χ3n) is 3.79. The number of carbonyl (C=O) groups is 2. The normalized spacial score (nSPS) is 16.2. The fraction of sp³-hybridized carbons (Fsp3) is 0.529. The summed E-state index contributed by atoms with van der Waals surface area (Å²) in [5.41, 5.74) is 0.196. The van der Waals surface area contributed by atoms with E-state index in [0.717, 1.165) is 19.4 Å². The molecule has 1 aliphatic rings. The van der Waals surface area contributed by atoms with Crippen LogP contribution in [0.4, 0.5) is 0 Å². The number of benzene rings is 1. The van der Waals surface area contributed by atoms with Crippen LogP contribution < -0.4 is 19.5 Å². The number of hydrogen-bond acceptors (Lipinski definition) is 7. The SMILES string of the molecule is COc1cc(C(=O)OCC(=O)NCC2CCCO2)cc(OC)c1OC. The van der Waals surface area contributed by atoms with Crippen LogP contribution in [-0.2, 0) is 14.3 Å². The average Bonchev–Trinajstić information content (AvgIpc) is 3.16. The molecule has 25 heavy (non-hydrogen) atoms. The van der Waals surface area contributed by atoms with Crippen LogP contribution in [0, 0.1) is 0 Å². The van der Waals surface area contributed by atoms with Crippen molar-refractivity contribution in [1.82, 2.24) is 5.32 Å². The topological polar surface area (TPSA) is 92.3 Å². The lowest BCUT2D eigenvalue weighted by Gasteiger charge is -2.14. The maximum absolute atomic E-state index is 12.2. The van der Waals surface area contributed by atoms with E-state index in [4.69, 9.17) is 23.7 Å². The van der Waals surface area contributed by atoms with Crippen LogP contribution in [0.3, 0.4) is 0 Å². The molecule has 1 saturated heterocycles. The van der Waals surface area contributed by atoms with Gasteiger partial charge in [-0.2, -0.15) is 0 Å². The first kappa shape index (κ1) is 18.9. The predicted octanol–water partition coefficient (Wildman–Crippen LogP) is 1.16. The van der Waals surface area contributed by atoms with Gasteiger partial charge in [0.2, 0.25) is 5.75 Å². The van der Waals surface area contributed by atoms with Crippen molar-refractivity contribution in [2.45, 2.75) is 18.9 Å². The number of carbonyl (C=O) groups excluding carboxylic acids is 2. The Morgan fingerprint density at radius 1 is 1.16 bits per heavy atom. The molecule has 2 rings (SSSR count). The predicted molar refractivity (Wildman–Crippen MR) is 88.4 cm³/mol. The van der Waals surface area contributed by atoms with Gasteiger partial charge in [0, 0.05) is 13.2 Å². The van der Waals surface area contributed by atoms with Crippen LogP contribution in [-0.4, -0.2) is 59.1 Å². The highest BCUT2D eigenvalue weighted by molar-refractivity contribution is 5.92. The second kappa shape index (κ2) is 9.12. The van der Waals surface area contributed by atoms with E-state index < -0.39 is 5.97 Å². The van der Waals surface area contributed by atoms with Crippen molar-refractivity contribution in [3.8, 4) is 17.2 Å². The molecular weight excluding hydrogens is 330 g/mol. The molecule has 8 heteroatoms. The molecule has 1 amide bonds. The zero-order valence-electron chi connectivity index (χ0n) is 14.6. The summed E-state index contributed by atoms with van der Waals surface area (Å²) in [4.78, 5) is 23.9. The van der Waals surface area contributed by atoms with Crippen molar-refractivity contribution >= 4 is 11.9 Å². The van der Waals surface area contributed by atoms with Gasteiger partial charge in [0.25, 0.3) is 5.91 Å². The molecule has 1 aromatic carbocycles. The summed E-state index contributed by atoms with van der Waals surface area (Å²) in [5, 5.41) is 2.68. The quantitative estimate of drug-likeness (QED) is 0.701. The van der Waals surface area contributed by atoms with Crippen LogP contribution >= 0.6 is 0 Å². The van der Waals surface area contributed by atoms with Gasteiger partial charge in [-0.15, -0.1) is 0 Å². The van der Waals surface area contributed by atoms with Crippen molar-refractivity contribution in [1.29, 1.82) is 0 Å². The first-order valence-electron chi connectivity index (χ1n) is 7.94. The maximum atomic E-state index is 12.2. The molecule has 1 heterocycles. The lowest BCUT2D eigenvalue weighted by molar-refractivity contribution is -0.124. The highest BCUT2D eigenvalue weighted by Gasteiger charge is 2.19. The first-order valence-corrected chi connectivity index (χ1v) is 7.94. The van der Waals surface area contributed by atoms with Crippen molar-refractivity contribution in [2.75, 3.05) is 41.1 Å². The molecule has 8 nitrogen and oxygen atoms in total. The Morgan fingerprint density at radius 2 is 1.84 bits per heavy atom. The van der Waals surface area contributed by atoms with Crippen molar-refractivity contribution in [2.24, 2.45) is 0 Å². The Balaban J connectivity index is 1.92. The molecule has 0 bridgehead atoms. The smallest absolute Gasteiger partial charge is 0.338 e. The Hall–Kier alpha value is -2.48. The van der Waals surface area contributed by atoms with Crippen molar-refractivity contribution in [3.63, 3.8) is 0 Å². The second-order valence-corrected chi connectivity index (χ2v) is 5.43. The Labute approximate surface area is 146 Å². The van der Waals surface area contributed by atoms with E-state index in [9.17, 15) is 9.59 Å². The standard InChI is InChI=1S/C17H23NO7/c1-21-13-7-11(8-14(22-2)16(13)23-3)17(20)25-10-15(19)18-9-12-5-4-6-24-12/h7-8,12H,4-6,9-10H2,1-3H3,(H,18,19). The Bertz CT molecular complexity index is 586. The largest absolute Gasteiger partial charge is 0.493 e. The highest BCUT2D eigenvalue weighted by atomic mass is 16.5. The van der Waals surface area contributed by atoms with Gasteiger partial charge in [-0.1, -0.05) is 0 Å². The molecule has 138 valence electrons. The van der Waals surface area contributed by atoms with Crippen LogP contribution in [0.15, 0.2) is 12.1 Å². The zero-order valence-corrected chi connectivity index (χ0v) is 14.6. The number of amides is 1. The summed E-state index contributed by atoms with van der Waals surface area (Å²) in [6.07, 6.45) is 1.96. The first-order chi connectivity index (χ1) is 12.1. The summed E-state index contributed by atoms with van der Waals surface area (Å²) in [6, 6.07) is 2.93. The summed E-state index contributed by atoms with van der Waals surface area (Å²) in [7, 11) is 4.37. The van der Waals surface area contributed by atoms with E-state index in [-0.39, 0.29) is 24.2 Å². The number of nitrogens with one attached hydrogen (secondary N) is 1. The van der Waals surface area contributed by atoms with Gasteiger partial charge in [0.05, 0.1) is 33.0 Å². The van der Waals surface area contributed by atoms with E-state index in [2.05, 4.69) is 5.32 Å². The van der Waals surface area contributed by atoms with E-state index >= 15 is 0 Å². The van der Waals surface area contributed by atoms with Gasteiger partial charge in [0.1, 0.15) is 0 Å². The molecule has 0 saturated carbocycles. The molecule has 1 atom stereocenters. The van der Waals surface area contributed by atoms with Gasteiger partial charge in [-0.05, 0) is 25.0 Å². The van der Waals surface area contributed by atoms with Crippen LogP contribution in [0.2, 0.25) is 0 Å². The van der Waals surface area contributed by atoms with Crippen LogP contribution in [0.25, 0.3) is 0 Å². The van der Waals surface area contributed by atoms with Crippen LogP contribution in [0.1, 0.15) is 23.2 Å². The molecule has 0 spiro atoms. The minimum Gasteiger partial charge on any atom is -0.493 e. The number of rotatable bonds is 8. The molecule has 1 fully saturated rings. The third kappa shape index (κ3) is 4.99. The minimum atomic E-state index is -0.661. The number of methoxy groups -OCH3 is 3. The summed E-state index contributed by atoms with van der Waals surface area (Å²) in [6.45, 7) is 0.763. The number of ether oxygens (including phenoxy) is 5. The van der Waals surface area contributed by atoms with Gasteiger partial charge in [-0.3, -0.25) is 4.79 Å². The number of esters is 1. The molecule has 0 aromatic heterocycles. The molecular formula is C17H23NO7. The molecule has 1 N–H and O–H groups in total. The third-order valence-corrected chi connectivity index (χ3v) is 3.79. The summed E-state index contributed by atoms with van der Waals surface area (Å²) >= 11 is 0. The summed E-state index contributed by atoms with van der Waals surface area (Å²) < 4.78 is 26.0. The van der Waals surface area contributed by atoms with Crippen molar-refractivity contribution < 1.29 is 33.3 Å². The maximum Gasteiger partial charge on any atom is 0.338 e. The highest BCUT2D eigenvalue weighted by Crippen LogP contribution is 2.38. The fourth-order valence-electron chi connectivity index (χ4n) is 2.50. The monoisotopic (exact) mass is 353 g/mol. The molecule has 0 radical (unpaired) electrons. The average molecular weight is 353 g/mol. The van der Waals surface area contributed by atoms with Crippen molar-refractivity contribution in [3.05, 3.63) is 17.7 Å². The molecule has 0 aliphatic carbocycles. The van der Waals surface area contributed by atoms with E-state index in [1.807, 2.05) is 0 Å². The van der Waals surface area contributed by atoms with Gasteiger partial charge >= 0.3 is 5.97 Å². The fourth-order valence-corrected chi connectivity index (χ4v) is 2.50. The minimum absolute atomic E-state index is 0.0368. The second-order valence-electron chi connectivity index (χ2n) is 5.43. The molecule has 1 aliphatic heterocycles. The van der Waals surface area contributed by atoms with Gasteiger partial charge in [0.15, 0.2) is 18.1 Å². The Kier molecular flexibility index (Phi) is 6.88.